The molecule has 0 aromatic heterocycles. The first-order chi connectivity index (χ1) is 6.33. The van der Waals surface area contributed by atoms with Crippen molar-refractivity contribution >= 4 is 24.0 Å². The van der Waals surface area contributed by atoms with E-state index in [1.807, 2.05) is 0 Å². The lowest BCUT2D eigenvalue weighted by Crippen LogP contribution is -2.33. The molecule has 0 aromatic carbocycles. The van der Waals surface area contributed by atoms with Crippen molar-refractivity contribution in [2.75, 3.05) is 18.1 Å². The molecule has 13 heavy (non-hydrogen) atoms. The second-order valence-electron chi connectivity index (χ2n) is 3.28. The Balaban J connectivity index is 1.93. The van der Waals surface area contributed by atoms with E-state index in [1.54, 1.807) is 0 Å². The molecule has 0 aliphatic heterocycles. The van der Waals surface area contributed by atoms with Crippen LogP contribution in [0.5, 0.6) is 0 Å². The van der Waals surface area contributed by atoms with Crippen molar-refractivity contribution in [1.29, 1.82) is 0 Å². The van der Waals surface area contributed by atoms with Crippen molar-refractivity contribution in [2.45, 2.75) is 19.3 Å². The second kappa shape index (κ2) is 6.02. The maximum Gasteiger partial charge on any atom is 0.230 e. The molecule has 0 atom stereocenters. The van der Waals surface area contributed by atoms with E-state index in [-0.39, 0.29) is 5.91 Å². The van der Waals surface area contributed by atoms with Crippen LogP contribution in [0.15, 0.2) is 0 Å². The Bertz CT molecular complexity index is 180. The van der Waals surface area contributed by atoms with Gasteiger partial charge in [0.2, 0.25) is 5.91 Å². The average Bonchev–Trinajstić information content (AvgIpc) is 2.02. The van der Waals surface area contributed by atoms with Crippen molar-refractivity contribution < 1.29 is 9.59 Å². The van der Waals surface area contributed by atoms with Gasteiger partial charge in [0.1, 0.15) is 6.29 Å². The van der Waals surface area contributed by atoms with Crippen LogP contribution in [0.2, 0.25) is 0 Å². The molecule has 0 saturated heterocycles. The normalized spacial score (nSPS) is 16.3. The van der Waals surface area contributed by atoms with Gasteiger partial charge in [-0.15, -0.1) is 11.8 Å². The predicted octanol–water partition coefficient (Wildman–Crippen LogP) is 0.835. The highest BCUT2D eigenvalue weighted by Crippen LogP contribution is 2.25. The van der Waals surface area contributed by atoms with Gasteiger partial charge in [-0.05, 0) is 18.8 Å². The van der Waals surface area contributed by atoms with Crippen molar-refractivity contribution in [1.82, 2.24) is 5.32 Å². The Hall–Kier alpha value is -0.510. The minimum atomic E-state index is 0.0544. The SMILES string of the molecule is O=CCSCC(=O)NCC1CCC1. The molecule has 4 heteroatoms. The maximum absolute atomic E-state index is 11.1. The molecule has 3 nitrogen and oxygen atoms in total. The van der Waals surface area contributed by atoms with E-state index in [2.05, 4.69) is 5.32 Å². The molecule has 0 aromatic rings. The molecule has 1 aliphatic carbocycles. The van der Waals surface area contributed by atoms with Gasteiger partial charge in [-0.3, -0.25) is 4.79 Å². The molecule has 1 saturated carbocycles. The van der Waals surface area contributed by atoms with E-state index in [9.17, 15) is 9.59 Å². The van der Waals surface area contributed by atoms with E-state index >= 15 is 0 Å². The van der Waals surface area contributed by atoms with Gasteiger partial charge >= 0.3 is 0 Å². The largest absolute Gasteiger partial charge is 0.355 e. The zero-order valence-electron chi connectivity index (χ0n) is 7.62. The van der Waals surface area contributed by atoms with Crippen molar-refractivity contribution in [3.63, 3.8) is 0 Å². The van der Waals surface area contributed by atoms with E-state index in [4.69, 9.17) is 0 Å². The number of thioether (sulfide) groups is 1. The third kappa shape index (κ3) is 4.31. The maximum atomic E-state index is 11.1. The fraction of sp³-hybridized carbons (Fsp3) is 0.778. The number of hydrogen-bond donors (Lipinski definition) is 1. The topological polar surface area (TPSA) is 46.2 Å². The van der Waals surface area contributed by atoms with Crippen molar-refractivity contribution in [3.05, 3.63) is 0 Å². The van der Waals surface area contributed by atoms with Crippen molar-refractivity contribution in [3.8, 4) is 0 Å². The summed E-state index contributed by atoms with van der Waals surface area (Å²) in [5.74, 6) is 1.58. The summed E-state index contributed by atoms with van der Waals surface area (Å²) in [6.45, 7) is 0.820. The van der Waals surface area contributed by atoms with Gasteiger partial charge in [-0.1, -0.05) is 6.42 Å². The zero-order chi connectivity index (χ0) is 9.52. The lowest BCUT2D eigenvalue weighted by Gasteiger charge is -2.25. The molecular formula is C9H15NO2S. The molecule has 0 bridgehead atoms. The second-order valence-corrected chi connectivity index (χ2v) is 4.31. The van der Waals surface area contributed by atoms with Crippen LogP contribution in [0.25, 0.3) is 0 Å². The van der Waals surface area contributed by atoms with Gasteiger partial charge in [0, 0.05) is 12.3 Å². The molecule has 0 spiro atoms. The summed E-state index contributed by atoms with van der Waals surface area (Å²) in [5, 5.41) is 2.87. The van der Waals surface area contributed by atoms with Crippen LogP contribution in [-0.4, -0.2) is 30.2 Å². The molecule has 74 valence electrons. The Morgan fingerprint density at radius 3 is 2.85 bits per heavy atom. The van der Waals surface area contributed by atoms with Gasteiger partial charge in [0.25, 0.3) is 0 Å². The first kappa shape index (κ1) is 10.6. The van der Waals surface area contributed by atoms with E-state index < -0.39 is 0 Å². The van der Waals surface area contributed by atoms with Gasteiger partial charge < -0.3 is 10.1 Å². The molecule has 0 heterocycles. The first-order valence-corrected chi connectivity index (χ1v) is 5.76. The van der Waals surface area contributed by atoms with Crippen LogP contribution in [0.1, 0.15) is 19.3 Å². The quantitative estimate of drug-likeness (QED) is 0.511. The molecule has 1 aliphatic rings. The monoisotopic (exact) mass is 201 g/mol. The molecule has 1 N–H and O–H groups in total. The molecule has 1 rings (SSSR count). The van der Waals surface area contributed by atoms with Gasteiger partial charge in [-0.25, -0.2) is 0 Å². The Labute approximate surface area is 82.6 Å². The number of amides is 1. The third-order valence-corrected chi connectivity index (χ3v) is 3.07. The summed E-state index contributed by atoms with van der Waals surface area (Å²) in [6, 6.07) is 0. The number of hydrogen-bond acceptors (Lipinski definition) is 3. The van der Waals surface area contributed by atoms with Crippen LogP contribution in [0.3, 0.4) is 0 Å². The number of aldehydes is 1. The van der Waals surface area contributed by atoms with Gasteiger partial charge in [0.15, 0.2) is 0 Å². The Morgan fingerprint density at radius 1 is 1.54 bits per heavy atom. The molecule has 1 fully saturated rings. The number of nitrogens with one attached hydrogen (secondary N) is 1. The first-order valence-electron chi connectivity index (χ1n) is 4.61. The summed E-state index contributed by atoms with van der Waals surface area (Å²) >= 11 is 1.36. The predicted molar refractivity (Wildman–Crippen MR) is 53.7 cm³/mol. The lowest BCUT2D eigenvalue weighted by atomic mass is 9.85. The highest BCUT2D eigenvalue weighted by molar-refractivity contribution is 8.00. The summed E-state index contributed by atoms with van der Waals surface area (Å²) in [7, 11) is 0. The molecule has 1 amide bonds. The lowest BCUT2D eigenvalue weighted by molar-refractivity contribution is -0.118. The highest BCUT2D eigenvalue weighted by atomic mass is 32.2. The number of rotatable bonds is 6. The summed E-state index contributed by atoms with van der Waals surface area (Å²) in [4.78, 5) is 21.1. The minimum absolute atomic E-state index is 0.0544. The van der Waals surface area contributed by atoms with Crippen molar-refractivity contribution in [2.24, 2.45) is 5.92 Å². The number of carbonyl (C=O) groups is 2. The Kier molecular flexibility index (Phi) is 4.90. The van der Waals surface area contributed by atoms with E-state index in [0.717, 1.165) is 12.8 Å². The van der Waals surface area contributed by atoms with E-state index in [1.165, 1.54) is 31.0 Å². The van der Waals surface area contributed by atoms with Crippen LogP contribution in [0, 0.1) is 5.92 Å². The summed E-state index contributed by atoms with van der Waals surface area (Å²) < 4.78 is 0. The standard InChI is InChI=1S/C9H15NO2S/c11-4-5-13-7-9(12)10-6-8-2-1-3-8/h4,8H,1-3,5-7H2,(H,10,12). The fourth-order valence-electron chi connectivity index (χ4n) is 1.21. The smallest absolute Gasteiger partial charge is 0.230 e. The molecule has 0 unspecified atom stereocenters. The van der Waals surface area contributed by atoms with E-state index in [0.29, 0.717) is 17.4 Å². The van der Waals surface area contributed by atoms with Crippen LogP contribution < -0.4 is 5.32 Å². The highest BCUT2D eigenvalue weighted by Gasteiger charge is 2.17. The third-order valence-electron chi connectivity index (χ3n) is 2.23. The van der Waals surface area contributed by atoms with Gasteiger partial charge in [-0.2, -0.15) is 0 Å². The van der Waals surface area contributed by atoms with Gasteiger partial charge in [0.05, 0.1) is 5.75 Å². The average molecular weight is 201 g/mol. The van der Waals surface area contributed by atoms with Crippen LogP contribution in [0.4, 0.5) is 0 Å². The molecular weight excluding hydrogens is 186 g/mol. The van der Waals surface area contributed by atoms with Crippen LogP contribution >= 0.6 is 11.8 Å². The fourth-order valence-corrected chi connectivity index (χ4v) is 1.71. The van der Waals surface area contributed by atoms with Crippen LogP contribution in [-0.2, 0) is 9.59 Å². The zero-order valence-corrected chi connectivity index (χ0v) is 8.44. The minimum Gasteiger partial charge on any atom is -0.355 e. The number of carbonyl (C=O) groups excluding carboxylic acids is 2. The Morgan fingerprint density at radius 2 is 2.31 bits per heavy atom. The summed E-state index contributed by atoms with van der Waals surface area (Å²) in [6.07, 6.45) is 4.63. The summed E-state index contributed by atoms with van der Waals surface area (Å²) in [5.41, 5.74) is 0. The molecule has 0 radical (unpaired) electrons.